The van der Waals surface area contributed by atoms with Gasteiger partial charge in [0.1, 0.15) is 5.82 Å². The monoisotopic (exact) mass is 398 g/mol. The Balaban J connectivity index is 1.54. The minimum Gasteiger partial charge on any atom is -0.363 e. The molecule has 0 radical (unpaired) electrons. The molecule has 0 saturated heterocycles. The fourth-order valence-corrected chi connectivity index (χ4v) is 3.44. The first-order chi connectivity index (χ1) is 13.8. The number of nitrogens with one attached hydrogen (secondary N) is 2. The van der Waals surface area contributed by atoms with Gasteiger partial charge in [0.2, 0.25) is 5.95 Å². The second-order valence-electron chi connectivity index (χ2n) is 7.56. The Kier molecular flexibility index (Phi) is 6.26. The summed E-state index contributed by atoms with van der Waals surface area (Å²) in [5.74, 6) is 1.21. The summed E-state index contributed by atoms with van der Waals surface area (Å²) in [6, 6.07) is 8.03. The van der Waals surface area contributed by atoms with E-state index in [-0.39, 0.29) is 23.7 Å². The van der Waals surface area contributed by atoms with Gasteiger partial charge >= 0.3 is 0 Å². The largest absolute Gasteiger partial charge is 0.363 e. The van der Waals surface area contributed by atoms with Crippen LogP contribution in [0.15, 0.2) is 30.3 Å². The fraction of sp³-hybridized carbons (Fsp3) is 0.450. The first-order valence-electron chi connectivity index (χ1n) is 9.66. The summed E-state index contributed by atoms with van der Waals surface area (Å²) in [4.78, 5) is 33.8. The van der Waals surface area contributed by atoms with Gasteiger partial charge in [0, 0.05) is 55.6 Å². The number of hydrogen-bond donors (Lipinski definition) is 2. The highest BCUT2D eigenvalue weighted by Gasteiger charge is 2.24. The van der Waals surface area contributed by atoms with E-state index in [1.807, 2.05) is 32.0 Å². The topological polar surface area (TPSA) is 113 Å². The zero-order valence-corrected chi connectivity index (χ0v) is 16.9. The van der Waals surface area contributed by atoms with Crippen LogP contribution >= 0.6 is 0 Å². The van der Waals surface area contributed by atoms with Crippen molar-refractivity contribution in [3.05, 3.63) is 51.7 Å². The number of hydrogen-bond acceptors (Lipinski definition) is 7. The van der Waals surface area contributed by atoms with Gasteiger partial charge in [0.05, 0.1) is 4.92 Å². The second-order valence-corrected chi connectivity index (χ2v) is 7.56. The molecule has 2 aromatic rings. The zero-order valence-electron chi connectivity index (χ0n) is 16.9. The maximum atomic E-state index is 12.4. The number of aromatic nitrogens is 2. The molecule has 1 saturated carbocycles. The standard InChI is InChI=1S/C20H26N6O3/c1-13-11-18(25(2)3)24-20(21-13)23-16-9-7-15(8-10-16)22-19(27)14-5-4-6-17(12-14)26(28)29/h4-6,11-12,15-16H,7-10H2,1-3H3,(H,22,27)(H,21,23,24). The van der Waals surface area contributed by atoms with Crippen LogP contribution in [0.3, 0.4) is 0 Å². The number of anilines is 2. The molecule has 2 N–H and O–H groups in total. The van der Waals surface area contributed by atoms with Crippen molar-refractivity contribution in [1.82, 2.24) is 15.3 Å². The van der Waals surface area contributed by atoms with Crippen molar-refractivity contribution in [2.45, 2.75) is 44.7 Å². The molecule has 1 aliphatic carbocycles. The third kappa shape index (κ3) is 5.40. The summed E-state index contributed by atoms with van der Waals surface area (Å²) in [7, 11) is 3.89. The van der Waals surface area contributed by atoms with Crippen LogP contribution in [-0.4, -0.2) is 47.0 Å². The molecule has 0 bridgehead atoms. The van der Waals surface area contributed by atoms with E-state index < -0.39 is 4.92 Å². The summed E-state index contributed by atoms with van der Waals surface area (Å²) in [5.41, 5.74) is 1.13. The van der Waals surface area contributed by atoms with Crippen molar-refractivity contribution in [3.63, 3.8) is 0 Å². The quantitative estimate of drug-likeness (QED) is 0.568. The average molecular weight is 398 g/mol. The molecule has 1 aromatic carbocycles. The van der Waals surface area contributed by atoms with Crippen LogP contribution in [0.1, 0.15) is 41.7 Å². The number of aryl methyl sites for hydroxylation is 1. The predicted octanol–water partition coefficient (Wildman–Crippen LogP) is 2.91. The van der Waals surface area contributed by atoms with E-state index in [1.165, 1.54) is 18.2 Å². The molecule has 0 aliphatic heterocycles. The highest BCUT2D eigenvalue weighted by molar-refractivity contribution is 5.95. The summed E-state index contributed by atoms with van der Waals surface area (Å²) in [5, 5.41) is 17.3. The number of amides is 1. The van der Waals surface area contributed by atoms with Gasteiger partial charge in [-0.15, -0.1) is 0 Å². The number of benzene rings is 1. The van der Waals surface area contributed by atoms with Crippen LogP contribution in [0.2, 0.25) is 0 Å². The summed E-state index contributed by atoms with van der Waals surface area (Å²) >= 11 is 0. The van der Waals surface area contributed by atoms with Gasteiger partial charge in [-0.1, -0.05) is 6.07 Å². The second kappa shape index (κ2) is 8.85. The van der Waals surface area contributed by atoms with Crippen molar-refractivity contribution in [2.75, 3.05) is 24.3 Å². The molecule has 3 rings (SSSR count). The molecule has 9 nitrogen and oxygen atoms in total. The number of non-ortho nitro benzene ring substituents is 1. The maximum absolute atomic E-state index is 12.4. The van der Waals surface area contributed by atoms with Crippen molar-refractivity contribution in [2.24, 2.45) is 0 Å². The van der Waals surface area contributed by atoms with Gasteiger partial charge in [-0.2, -0.15) is 4.98 Å². The first-order valence-corrected chi connectivity index (χ1v) is 9.66. The smallest absolute Gasteiger partial charge is 0.270 e. The Morgan fingerprint density at radius 1 is 1.14 bits per heavy atom. The van der Waals surface area contributed by atoms with Crippen LogP contribution in [0.4, 0.5) is 17.5 Å². The number of rotatable bonds is 6. The first kappa shape index (κ1) is 20.5. The predicted molar refractivity (Wildman–Crippen MR) is 111 cm³/mol. The number of nitrogens with zero attached hydrogens (tertiary/aromatic N) is 4. The molecule has 1 aliphatic rings. The van der Waals surface area contributed by atoms with Crippen molar-refractivity contribution in [1.29, 1.82) is 0 Å². The molecule has 1 aromatic heterocycles. The molecule has 0 atom stereocenters. The lowest BCUT2D eigenvalue weighted by molar-refractivity contribution is -0.384. The Hall–Kier alpha value is -3.23. The molecule has 154 valence electrons. The molecule has 1 fully saturated rings. The maximum Gasteiger partial charge on any atom is 0.270 e. The molecule has 29 heavy (non-hydrogen) atoms. The third-order valence-electron chi connectivity index (χ3n) is 5.01. The Morgan fingerprint density at radius 3 is 2.48 bits per heavy atom. The average Bonchev–Trinajstić information content (AvgIpc) is 2.69. The summed E-state index contributed by atoms with van der Waals surface area (Å²) < 4.78 is 0. The van der Waals surface area contributed by atoms with Crippen molar-refractivity contribution < 1.29 is 9.72 Å². The van der Waals surface area contributed by atoms with Crippen molar-refractivity contribution >= 4 is 23.4 Å². The van der Waals surface area contributed by atoms with Gasteiger partial charge in [-0.3, -0.25) is 14.9 Å². The minimum atomic E-state index is -0.497. The van der Waals surface area contributed by atoms with Crippen LogP contribution in [0.25, 0.3) is 0 Å². The SMILES string of the molecule is Cc1cc(N(C)C)nc(NC2CCC(NC(=O)c3cccc([N+](=O)[O-])c3)CC2)n1. The fourth-order valence-electron chi connectivity index (χ4n) is 3.44. The third-order valence-corrected chi connectivity index (χ3v) is 5.01. The lowest BCUT2D eigenvalue weighted by atomic mass is 9.91. The van der Waals surface area contributed by atoms with Gasteiger partial charge < -0.3 is 15.5 Å². The van der Waals surface area contributed by atoms with Crippen LogP contribution in [0.5, 0.6) is 0 Å². The summed E-state index contributed by atoms with van der Waals surface area (Å²) in [6.07, 6.45) is 3.42. The zero-order chi connectivity index (χ0) is 21.0. The molecule has 0 unspecified atom stereocenters. The molecule has 0 spiro atoms. The number of carbonyl (C=O) groups is 1. The lowest BCUT2D eigenvalue weighted by Crippen LogP contribution is -2.40. The molecule has 9 heteroatoms. The van der Waals surface area contributed by atoms with E-state index >= 15 is 0 Å². The normalized spacial score (nSPS) is 18.7. The van der Waals surface area contributed by atoms with E-state index in [0.717, 1.165) is 37.2 Å². The van der Waals surface area contributed by atoms with Gasteiger partial charge in [-0.05, 0) is 38.7 Å². The number of carbonyl (C=O) groups excluding carboxylic acids is 1. The molecular formula is C20H26N6O3. The van der Waals surface area contributed by atoms with Gasteiger partial charge in [0.25, 0.3) is 11.6 Å². The highest BCUT2D eigenvalue weighted by Crippen LogP contribution is 2.23. The lowest BCUT2D eigenvalue weighted by Gasteiger charge is -2.30. The highest BCUT2D eigenvalue weighted by atomic mass is 16.6. The van der Waals surface area contributed by atoms with E-state index in [1.54, 1.807) is 6.07 Å². The van der Waals surface area contributed by atoms with E-state index in [0.29, 0.717) is 11.5 Å². The minimum absolute atomic E-state index is 0.0515. The van der Waals surface area contributed by atoms with E-state index in [2.05, 4.69) is 20.6 Å². The van der Waals surface area contributed by atoms with Crippen LogP contribution in [-0.2, 0) is 0 Å². The van der Waals surface area contributed by atoms with E-state index in [4.69, 9.17) is 0 Å². The summed E-state index contributed by atoms with van der Waals surface area (Å²) in [6.45, 7) is 1.94. The van der Waals surface area contributed by atoms with Crippen molar-refractivity contribution in [3.8, 4) is 0 Å². The van der Waals surface area contributed by atoms with Gasteiger partial charge in [0.15, 0.2) is 0 Å². The number of nitro benzene ring substituents is 1. The Morgan fingerprint density at radius 2 is 1.83 bits per heavy atom. The van der Waals surface area contributed by atoms with Gasteiger partial charge in [-0.25, -0.2) is 4.98 Å². The molecular weight excluding hydrogens is 372 g/mol. The van der Waals surface area contributed by atoms with Crippen LogP contribution < -0.4 is 15.5 Å². The Bertz CT molecular complexity index is 894. The molecule has 1 heterocycles. The number of nitro groups is 1. The van der Waals surface area contributed by atoms with Crippen LogP contribution in [0, 0.1) is 17.0 Å². The van der Waals surface area contributed by atoms with E-state index in [9.17, 15) is 14.9 Å². The Labute approximate surface area is 169 Å². The molecule has 1 amide bonds.